The Morgan fingerprint density at radius 1 is 1.37 bits per heavy atom. The van der Waals surface area contributed by atoms with E-state index in [2.05, 4.69) is 5.32 Å². The fraction of sp³-hybridized carbons (Fsp3) is 0.538. The number of benzene rings is 1. The summed E-state index contributed by atoms with van der Waals surface area (Å²) in [6, 6.07) is 7.91. The van der Waals surface area contributed by atoms with Gasteiger partial charge in [-0.2, -0.15) is 0 Å². The van der Waals surface area contributed by atoms with Crippen LogP contribution in [-0.2, 0) is 10.0 Å². The number of nitrogens with one attached hydrogen (secondary N) is 1. The molecular weight excluding hydrogens is 284 g/mol. The molecule has 0 amide bonds. The minimum atomic E-state index is -3.04. The van der Waals surface area contributed by atoms with Crippen molar-refractivity contribution in [3.8, 4) is 0 Å². The Bertz CT molecular complexity index is 525. The van der Waals surface area contributed by atoms with E-state index in [0.717, 1.165) is 18.5 Å². The highest BCUT2D eigenvalue weighted by Crippen LogP contribution is 2.20. The van der Waals surface area contributed by atoms with Gasteiger partial charge in [0.05, 0.1) is 5.75 Å². The molecule has 0 aliphatic carbocycles. The second-order valence-corrected chi connectivity index (χ2v) is 7.42. The van der Waals surface area contributed by atoms with E-state index in [1.807, 2.05) is 24.3 Å². The second kappa shape index (κ2) is 6.11. The zero-order valence-electron chi connectivity index (χ0n) is 11.0. The van der Waals surface area contributed by atoms with E-state index in [4.69, 9.17) is 11.6 Å². The Morgan fingerprint density at radius 2 is 2.05 bits per heavy atom. The van der Waals surface area contributed by atoms with Gasteiger partial charge in [-0.3, -0.25) is 0 Å². The maximum Gasteiger partial charge on any atom is 0.213 e. The third-order valence-electron chi connectivity index (χ3n) is 3.41. The lowest BCUT2D eigenvalue weighted by Gasteiger charge is -2.31. The van der Waals surface area contributed by atoms with E-state index in [9.17, 15) is 8.42 Å². The number of rotatable bonds is 4. The van der Waals surface area contributed by atoms with Gasteiger partial charge in [-0.25, -0.2) is 12.7 Å². The zero-order valence-corrected chi connectivity index (χ0v) is 12.5. The summed E-state index contributed by atoms with van der Waals surface area (Å²) >= 11 is 5.94. The van der Waals surface area contributed by atoms with Gasteiger partial charge in [-0.05, 0) is 38.0 Å². The van der Waals surface area contributed by atoms with Crippen LogP contribution in [0.2, 0.25) is 5.02 Å². The standard InChI is InChI=1S/C13H19ClN2O2S/c1-2-19(17,18)16-8-6-12(7-9-16)15-13-5-3-4-11(14)10-13/h3-5,10,12,15H,2,6-9H2,1H3. The van der Waals surface area contributed by atoms with Crippen LogP contribution >= 0.6 is 11.6 Å². The first-order valence-electron chi connectivity index (χ1n) is 6.51. The third kappa shape index (κ3) is 3.84. The van der Waals surface area contributed by atoms with Crippen molar-refractivity contribution < 1.29 is 8.42 Å². The topological polar surface area (TPSA) is 49.4 Å². The van der Waals surface area contributed by atoms with Crippen LogP contribution in [0.25, 0.3) is 0 Å². The van der Waals surface area contributed by atoms with E-state index in [1.165, 1.54) is 0 Å². The highest BCUT2D eigenvalue weighted by Gasteiger charge is 2.26. The Kier molecular flexibility index (Phi) is 4.71. The van der Waals surface area contributed by atoms with Gasteiger partial charge in [0, 0.05) is 29.8 Å². The van der Waals surface area contributed by atoms with Crippen LogP contribution in [-0.4, -0.2) is 37.6 Å². The minimum absolute atomic E-state index is 0.180. The van der Waals surface area contributed by atoms with Crippen LogP contribution in [0.4, 0.5) is 5.69 Å². The molecule has 2 rings (SSSR count). The largest absolute Gasteiger partial charge is 0.382 e. The van der Waals surface area contributed by atoms with E-state index in [0.29, 0.717) is 24.2 Å². The lowest BCUT2D eigenvalue weighted by molar-refractivity contribution is 0.330. The monoisotopic (exact) mass is 302 g/mol. The van der Waals surface area contributed by atoms with Crippen molar-refractivity contribution in [2.24, 2.45) is 0 Å². The summed E-state index contributed by atoms with van der Waals surface area (Å²) in [4.78, 5) is 0. The fourth-order valence-electron chi connectivity index (χ4n) is 2.27. The molecule has 1 heterocycles. The predicted octanol–water partition coefficient (Wildman–Crippen LogP) is 2.57. The van der Waals surface area contributed by atoms with Crippen LogP contribution < -0.4 is 5.32 Å². The average Bonchev–Trinajstić information content (AvgIpc) is 2.39. The molecule has 1 aliphatic rings. The van der Waals surface area contributed by atoms with Crippen LogP contribution in [0.3, 0.4) is 0 Å². The molecule has 1 aromatic carbocycles. The molecule has 19 heavy (non-hydrogen) atoms. The molecule has 1 fully saturated rings. The minimum Gasteiger partial charge on any atom is -0.382 e. The second-order valence-electron chi connectivity index (χ2n) is 4.73. The van der Waals surface area contributed by atoms with Gasteiger partial charge in [0.15, 0.2) is 0 Å². The molecule has 1 saturated heterocycles. The molecule has 0 spiro atoms. The molecule has 106 valence electrons. The van der Waals surface area contributed by atoms with Crippen molar-refractivity contribution in [3.63, 3.8) is 0 Å². The van der Waals surface area contributed by atoms with Gasteiger partial charge >= 0.3 is 0 Å². The number of piperidine rings is 1. The summed E-state index contributed by atoms with van der Waals surface area (Å²) in [5, 5.41) is 4.11. The van der Waals surface area contributed by atoms with Gasteiger partial charge in [0.1, 0.15) is 0 Å². The van der Waals surface area contributed by atoms with Gasteiger partial charge < -0.3 is 5.32 Å². The van der Waals surface area contributed by atoms with E-state index in [1.54, 1.807) is 11.2 Å². The maximum absolute atomic E-state index is 11.8. The first-order valence-corrected chi connectivity index (χ1v) is 8.50. The number of hydrogen-bond donors (Lipinski definition) is 1. The highest BCUT2D eigenvalue weighted by atomic mass is 35.5. The molecule has 6 heteroatoms. The zero-order chi connectivity index (χ0) is 13.9. The van der Waals surface area contributed by atoms with Gasteiger partial charge in [0.2, 0.25) is 10.0 Å². The van der Waals surface area contributed by atoms with Gasteiger partial charge in [-0.1, -0.05) is 17.7 Å². The first-order chi connectivity index (χ1) is 9.01. The summed E-state index contributed by atoms with van der Waals surface area (Å²) in [5.41, 5.74) is 0.990. The highest BCUT2D eigenvalue weighted by molar-refractivity contribution is 7.89. The summed E-state index contributed by atoms with van der Waals surface area (Å²) in [6.45, 7) is 2.87. The van der Waals surface area contributed by atoms with Crippen molar-refractivity contribution in [2.45, 2.75) is 25.8 Å². The molecule has 1 N–H and O–H groups in total. The number of halogens is 1. The molecule has 0 atom stereocenters. The van der Waals surface area contributed by atoms with Crippen LogP contribution in [0.5, 0.6) is 0 Å². The van der Waals surface area contributed by atoms with Crippen LogP contribution in [0, 0.1) is 0 Å². The van der Waals surface area contributed by atoms with Gasteiger partial charge in [-0.15, -0.1) is 0 Å². The Hall–Kier alpha value is -0.780. The molecular formula is C13H19ClN2O2S. The molecule has 0 aromatic heterocycles. The summed E-state index contributed by atoms with van der Waals surface area (Å²) in [7, 11) is -3.04. The molecule has 4 nitrogen and oxygen atoms in total. The fourth-order valence-corrected chi connectivity index (χ4v) is 3.60. The smallest absolute Gasteiger partial charge is 0.213 e. The first kappa shape index (κ1) is 14.6. The quantitative estimate of drug-likeness (QED) is 0.930. The normalized spacial score (nSPS) is 18.4. The van der Waals surface area contributed by atoms with Gasteiger partial charge in [0.25, 0.3) is 0 Å². The number of sulfonamides is 1. The Balaban J connectivity index is 1.91. The maximum atomic E-state index is 11.8. The van der Waals surface area contributed by atoms with Crippen LogP contribution in [0.15, 0.2) is 24.3 Å². The molecule has 1 aliphatic heterocycles. The Labute approximate surface area is 119 Å². The van der Waals surface area contributed by atoms with Crippen molar-refractivity contribution in [1.29, 1.82) is 0 Å². The lowest BCUT2D eigenvalue weighted by Crippen LogP contribution is -2.42. The predicted molar refractivity (Wildman–Crippen MR) is 79.1 cm³/mol. The van der Waals surface area contributed by atoms with E-state index < -0.39 is 10.0 Å². The SMILES string of the molecule is CCS(=O)(=O)N1CCC(Nc2cccc(Cl)c2)CC1. The number of nitrogens with zero attached hydrogens (tertiary/aromatic N) is 1. The van der Waals surface area contributed by atoms with E-state index in [-0.39, 0.29) is 5.75 Å². The number of hydrogen-bond acceptors (Lipinski definition) is 3. The Morgan fingerprint density at radius 3 is 2.63 bits per heavy atom. The van der Waals surface area contributed by atoms with Crippen LogP contribution in [0.1, 0.15) is 19.8 Å². The third-order valence-corrected chi connectivity index (χ3v) is 5.52. The average molecular weight is 303 g/mol. The molecule has 1 aromatic rings. The summed E-state index contributed by atoms with van der Waals surface area (Å²) in [5.74, 6) is 0.180. The van der Waals surface area contributed by atoms with Crippen molar-refractivity contribution >= 4 is 27.3 Å². The molecule has 0 bridgehead atoms. The van der Waals surface area contributed by atoms with Crippen molar-refractivity contribution in [1.82, 2.24) is 4.31 Å². The van der Waals surface area contributed by atoms with Crippen molar-refractivity contribution in [2.75, 3.05) is 24.2 Å². The number of anilines is 1. The van der Waals surface area contributed by atoms with E-state index >= 15 is 0 Å². The molecule has 0 unspecified atom stereocenters. The molecule has 0 saturated carbocycles. The molecule has 0 radical (unpaired) electrons. The summed E-state index contributed by atoms with van der Waals surface area (Å²) in [6.07, 6.45) is 1.65. The lowest BCUT2D eigenvalue weighted by atomic mass is 10.1. The van der Waals surface area contributed by atoms with Crippen molar-refractivity contribution in [3.05, 3.63) is 29.3 Å². The summed E-state index contributed by atoms with van der Waals surface area (Å²) < 4.78 is 25.1.